The molecule has 0 heterocycles. The molecule has 0 spiro atoms. The third kappa shape index (κ3) is 6.62. The molecule has 196 valence electrons. The summed E-state index contributed by atoms with van der Waals surface area (Å²) < 4.78 is 50.1. The average Bonchev–Trinajstić information content (AvgIpc) is 2.88. The molecule has 2 fully saturated rings. The fourth-order valence-corrected chi connectivity index (χ4v) is 6.15. The summed E-state index contributed by atoms with van der Waals surface area (Å²) in [7, 11) is 0. The number of halogens is 3. The number of hydrogen-bond acceptors (Lipinski definition) is 1. The molecule has 0 radical (unpaired) electrons. The minimum Gasteiger partial charge on any atom is -0.309 e. The van der Waals surface area contributed by atoms with Gasteiger partial charge in [0.05, 0.1) is 11.7 Å². The molecule has 4 rings (SSSR count). The molecule has 36 heavy (non-hydrogen) atoms. The Kier molecular flexibility index (Phi) is 8.98. The van der Waals surface area contributed by atoms with Crippen LogP contribution < -0.4 is 0 Å². The smallest absolute Gasteiger partial charge is 0.309 e. The number of ether oxygens (including phenoxy) is 1. The van der Waals surface area contributed by atoms with E-state index in [9.17, 15) is 4.39 Å². The molecule has 2 saturated carbocycles. The second kappa shape index (κ2) is 12.0. The van der Waals surface area contributed by atoms with Gasteiger partial charge in [-0.25, -0.2) is 4.39 Å². The van der Waals surface area contributed by atoms with E-state index in [-0.39, 0.29) is 5.92 Å². The molecule has 0 aliphatic heterocycles. The van der Waals surface area contributed by atoms with Crippen molar-refractivity contribution in [1.82, 2.24) is 0 Å². The lowest BCUT2D eigenvalue weighted by atomic mass is 9.77. The van der Waals surface area contributed by atoms with E-state index in [1.54, 1.807) is 13.0 Å². The van der Waals surface area contributed by atoms with Gasteiger partial charge in [0.15, 0.2) is 0 Å². The summed E-state index contributed by atoms with van der Waals surface area (Å²) in [6.45, 7) is 7.69. The van der Waals surface area contributed by atoms with Crippen LogP contribution in [0, 0.1) is 17.7 Å². The molecule has 2 aromatic rings. The minimum atomic E-state index is -3.71. The van der Waals surface area contributed by atoms with Crippen molar-refractivity contribution in [3.05, 3.63) is 83.2 Å². The van der Waals surface area contributed by atoms with Crippen LogP contribution in [0.5, 0.6) is 0 Å². The van der Waals surface area contributed by atoms with Gasteiger partial charge in [0.2, 0.25) is 0 Å². The Hall–Kier alpha value is -2.07. The quantitative estimate of drug-likeness (QED) is 0.313. The lowest BCUT2D eigenvalue weighted by Crippen LogP contribution is -2.22. The summed E-state index contributed by atoms with van der Waals surface area (Å²) >= 11 is 0. The van der Waals surface area contributed by atoms with Gasteiger partial charge in [-0.1, -0.05) is 56.2 Å². The number of hydrogen-bond donors (Lipinski definition) is 0. The van der Waals surface area contributed by atoms with Crippen molar-refractivity contribution in [2.75, 3.05) is 0 Å². The fraction of sp³-hybridized carbons (Fsp3) is 0.562. The standard InChI is InChI=1S/C32H41F3O/c1-4-5-6-24-9-13-28(14-10-24)29-19-20-30(31(33)21-29)32(34,35)36-23(3)25-15-17-27(18-16-25)26-11-7-22(2)8-12-26/h4,15-24,26,28H,1,5-14H2,2-3H3. The van der Waals surface area contributed by atoms with Gasteiger partial charge in [-0.2, -0.15) is 8.78 Å². The Bertz CT molecular complexity index is 983. The second-order valence-electron chi connectivity index (χ2n) is 11.2. The lowest BCUT2D eigenvalue weighted by molar-refractivity contribution is -0.273. The zero-order chi connectivity index (χ0) is 25.7. The van der Waals surface area contributed by atoms with Gasteiger partial charge in [0.25, 0.3) is 0 Å². The van der Waals surface area contributed by atoms with Crippen molar-refractivity contribution < 1.29 is 17.9 Å². The van der Waals surface area contributed by atoms with Gasteiger partial charge in [-0.3, -0.25) is 0 Å². The maximum Gasteiger partial charge on any atom is 0.386 e. The van der Waals surface area contributed by atoms with Crippen LogP contribution in [-0.4, -0.2) is 0 Å². The predicted octanol–water partition coefficient (Wildman–Crippen LogP) is 10.2. The molecular weight excluding hydrogens is 457 g/mol. The Morgan fingerprint density at radius 1 is 0.917 bits per heavy atom. The Balaban J connectivity index is 1.37. The number of benzene rings is 2. The van der Waals surface area contributed by atoms with E-state index in [0.717, 1.165) is 50.0 Å². The van der Waals surface area contributed by atoms with E-state index in [4.69, 9.17) is 4.74 Å². The maximum atomic E-state index is 15.0. The van der Waals surface area contributed by atoms with Crippen molar-refractivity contribution >= 4 is 0 Å². The van der Waals surface area contributed by atoms with Crippen molar-refractivity contribution in [1.29, 1.82) is 0 Å². The third-order valence-electron chi connectivity index (χ3n) is 8.62. The summed E-state index contributed by atoms with van der Waals surface area (Å²) in [5, 5.41) is 0. The summed E-state index contributed by atoms with van der Waals surface area (Å²) in [5.41, 5.74) is 2.06. The Morgan fingerprint density at radius 3 is 2.11 bits per heavy atom. The second-order valence-corrected chi connectivity index (χ2v) is 11.2. The molecule has 1 unspecified atom stereocenters. The summed E-state index contributed by atoms with van der Waals surface area (Å²) in [6.07, 6.45) is 8.52. The van der Waals surface area contributed by atoms with Crippen LogP contribution in [-0.2, 0) is 10.8 Å². The lowest BCUT2D eigenvalue weighted by Gasteiger charge is -2.29. The van der Waals surface area contributed by atoms with Crippen LogP contribution >= 0.6 is 0 Å². The molecule has 0 aromatic heterocycles. The molecule has 0 N–H and O–H groups in total. The first-order chi connectivity index (χ1) is 17.3. The topological polar surface area (TPSA) is 9.23 Å². The number of allylic oxidation sites excluding steroid dienone is 1. The zero-order valence-electron chi connectivity index (χ0n) is 21.8. The van der Waals surface area contributed by atoms with E-state index in [1.165, 1.54) is 43.4 Å². The van der Waals surface area contributed by atoms with Crippen molar-refractivity contribution in [3.8, 4) is 0 Å². The molecule has 1 nitrogen and oxygen atoms in total. The van der Waals surface area contributed by atoms with E-state index >= 15 is 8.78 Å². The summed E-state index contributed by atoms with van der Waals surface area (Å²) in [4.78, 5) is 0. The molecule has 2 aliphatic rings. The van der Waals surface area contributed by atoms with E-state index in [1.807, 2.05) is 30.3 Å². The molecule has 2 aliphatic carbocycles. The highest BCUT2D eigenvalue weighted by molar-refractivity contribution is 5.30. The van der Waals surface area contributed by atoms with Gasteiger partial charge in [-0.05, 0) is 111 Å². The third-order valence-corrected chi connectivity index (χ3v) is 8.62. The van der Waals surface area contributed by atoms with E-state index in [0.29, 0.717) is 17.4 Å². The minimum absolute atomic E-state index is 0.230. The molecule has 0 saturated heterocycles. The predicted molar refractivity (Wildman–Crippen MR) is 141 cm³/mol. The van der Waals surface area contributed by atoms with Crippen LogP contribution in [0.3, 0.4) is 0 Å². The molecular formula is C32H41F3O. The molecule has 2 aromatic carbocycles. The van der Waals surface area contributed by atoms with Gasteiger partial charge >= 0.3 is 6.11 Å². The highest BCUT2D eigenvalue weighted by Gasteiger charge is 2.38. The highest BCUT2D eigenvalue weighted by Crippen LogP contribution is 2.41. The van der Waals surface area contributed by atoms with Gasteiger partial charge in [-0.15, -0.1) is 6.58 Å². The zero-order valence-corrected chi connectivity index (χ0v) is 21.8. The van der Waals surface area contributed by atoms with Crippen LogP contribution in [0.4, 0.5) is 13.2 Å². The van der Waals surface area contributed by atoms with Crippen molar-refractivity contribution in [3.63, 3.8) is 0 Å². The van der Waals surface area contributed by atoms with E-state index in [2.05, 4.69) is 13.5 Å². The van der Waals surface area contributed by atoms with Gasteiger partial charge in [0, 0.05) is 0 Å². The number of rotatable bonds is 9. The molecule has 0 amide bonds. The van der Waals surface area contributed by atoms with Crippen molar-refractivity contribution in [2.24, 2.45) is 11.8 Å². The normalized spacial score (nSPS) is 25.9. The first-order valence-corrected chi connectivity index (χ1v) is 13.8. The van der Waals surface area contributed by atoms with Gasteiger partial charge < -0.3 is 4.74 Å². The van der Waals surface area contributed by atoms with E-state index < -0.39 is 23.6 Å². The van der Waals surface area contributed by atoms with Crippen LogP contribution in [0.2, 0.25) is 0 Å². The first-order valence-electron chi connectivity index (χ1n) is 13.8. The molecule has 0 bridgehead atoms. The summed E-state index contributed by atoms with van der Waals surface area (Å²) in [5.74, 6) is 1.35. The Morgan fingerprint density at radius 2 is 1.50 bits per heavy atom. The van der Waals surface area contributed by atoms with Gasteiger partial charge in [0.1, 0.15) is 5.82 Å². The largest absolute Gasteiger partial charge is 0.386 e. The number of alkyl halides is 2. The van der Waals surface area contributed by atoms with Crippen LogP contribution in [0.1, 0.15) is 118 Å². The summed E-state index contributed by atoms with van der Waals surface area (Å²) in [6, 6.07) is 12.0. The average molecular weight is 499 g/mol. The first kappa shape index (κ1) is 27.0. The molecule has 4 heteroatoms. The van der Waals surface area contributed by atoms with Crippen molar-refractivity contribution in [2.45, 2.75) is 102 Å². The highest BCUT2D eigenvalue weighted by atomic mass is 19.3. The fourth-order valence-electron chi connectivity index (χ4n) is 6.15. The van der Waals surface area contributed by atoms with Crippen LogP contribution in [0.25, 0.3) is 0 Å². The SMILES string of the molecule is C=CCCC1CCC(c2ccc(C(F)(F)OC(C)c3ccc(C4CCC(C)CC4)cc3)c(F)c2)CC1. The maximum absolute atomic E-state index is 15.0. The molecule has 1 atom stereocenters. The monoisotopic (exact) mass is 498 g/mol. The Labute approximate surface area is 215 Å². The van der Waals surface area contributed by atoms with Crippen LogP contribution in [0.15, 0.2) is 55.1 Å².